The number of carbonyl (C=O) groups is 1. The number of rotatable bonds is 3. The number of para-hydroxylation sites is 2. The summed E-state index contributed by atoms with van der Waals surface area (Å²) in [5, 5.41) is 2.95. The molecule has 2 aromatic carbocycles. The molecule has 0 saturated heterocycles. The van der Waals surface area contributed by atoms with Crippen molar-refractivity contribution in [2.45, 2.75) is 27.3 Å². The van der Waals surface area contributed by atoms with Crippen LogP contribution in [0.3, 0.4) is 0 Å². The molecule has 0 atom stereocenters. The molecule has 22 heavy (non-hydrogen) atoms. The number of benzene rings is 2. The highest BCUT2D eigenvalue weighted by Gasteiger charge is 2.11. The second-order valence-corrected chi connectivity index (χ2v) is 5.58. The van der Waals surface area contributed by atoms with Gasteiger partial charge in [0.2, 0.25) is 5.91 Å². The molecule has 0 aliphatic carbocycles. The van der Waals surface area contributed by atoms with Gasteiger partial charge in [0.15, 0.2) is 0 Å². The Hall–Kier alpha value is -2.62. The van der Waals surface area contributed by atoms with E-state index in [1.807, 2.05) is 60.9 Å². The first-order chi connectivity index (χ1) is 10.5. The third kappa shape index (κ3) is 2.72. The van der Waals surface area contributed by atoms with Crippen LogP contribution < -0.4 is 5.32 Å². The third-order valence-corrected chi connectivity index (χ3v) is 3.94. The molecule has 0 fully saturated rings. The normalized spacial score (nSPS) is 10.9. The van der Waals surface area contributed by atoms with Crippen molar-refractivity contribution in [1.29, 1.82) is 0 Å². The predicted molar refractivity (Wildman–Crippen MR) is 89.0 cm³/mol. The topological polar surface area (TPSA) is 46.9 Å². The van der Waals surface area contributed by atoms with Gasteiger partial charge >= 0.3 is 0 Å². The van der Waals surface area contributed by atoms with Crippen LogP contribution in [0, 0.1) is 20.8 Å². The van der Waals surface area contributed by atoms with Crippen molar-refractivity contribution in [2.24, 2.45) is 0 Å². The lowest BCUT2D eigenvalue weighted by Crippen LogP contribution is -2.19. The first-order valence-electron chi connectivity index (χ1n) is 7.33. The zero-order chi connectivity index (χ0) is 15.7. The van der Waals surface area contributed by atoms with Crippen LogP contribution in [0.2, 0.25) is 0 Å². The van der Waals surface area contributed by atoms with Gasteiger partial charge in [-0.3, -0.25) is 4.79 Å². The minimum atomic E-state index is -0.0468. The Labute approximate surface area is 129 Å². The van der Waals surface area contributed by atoms with E-state index in [0.717, 1.165) is 22.5 Å². The quantitative estimate of drug-likeness (QED) is 0.802. The van der Waals surface area contributed by atoms with Crippen molar-refractivity contribution >= 4 is 22.6 Å². The van der Waals surface area contributed by atoms with Crippen molar-refractivity contribution in [3.63, 3.8) is 0 Å². The zero-order valence-electron chi connectivity index (χ0n) is 13.1. The molecule has 1 amide bonds. The summed E-state index contributed by atoms with van der Waals surface area (Å²) in [5.74, 6) is 0.797. The standard InChI is InChI=1S/C18H19N3O/c1-12-8-9-15(10-13(12)2)20-18(22)11-21-14(3)19-16-6-4-5-7-17(16)21/h4-10H,11H2,1-3H3,(H,20,22). The molecule has 0 radical (unpaired) electrons. The summed E-state index contributed by atoms with van der Waals surface area (Å²) in [6.45, 7) is 6.28. The molecule has 1 heterocycles. The molecular formula is C18H19N3O. The molecule has 1 aromatic heterocycles. The molecular weight excluding hydrogens is 274 g/mol. The van der Waals surface area contributed by atoms with Gasteiger partial charge in [0.05, 0.1) is 11.0 Å². The number of aromatic nitrogens is 2. The summed E-state index contributed by atoms with van der Waals surface area (Å²) in [5.41, 5.74) is 5.11. The Morgan fingerprint density at radius 3 is 2.64 bits per heavy atom. The average Bonchev–Trinajstić information content (AvgIpc) is 2.79. The Kier molecular flexibility index (Phi) is 3.67. The van der Waals surface area contributed by atoms with Crippen molar-refractivity contribution in [3.05, 3.63) is 59.4 Å². The minimum Gasteiger partial charge on any atom is -0.325 e. The molecule has 1 N–H and O–H groups in total. The maximum atomic E-state index is 12.3. The van der Waals surface area contributed by atoms with Gasteiger partial charge in [0, 0.05) is 5.69 Å². The van der Waals surface area contributed by atoms with Crippen molar-refractivity contribution in [2.75, 3.05) is 5.32 Å². The smallest absolute Gasteiger partial charge is 0.244 e. The lowest BCUT2D eigenvalue weighted by molar-refractivity contribution is -0.116. The number of hydrogen-bond donors (Lipinski definition) is 1. The lowest BCUT2D eigenvalue weighted by Gasteiger charge is -2.10. The molecule has 3 rings (SSSR count). The number of anilines is 1. The van der Waals surface area contributed by atoms with Gasteiger partial charge in [-0.15, -0.1) is 0 Å². The highest BCUT2D eigenvalue weighted by atomic mass is 16.1. The van der Waals surface area contributed by atoms with E-state index in [-0.39, 0.29) is 12.5 Å². The summed E-state index contributed by atoms with van der Waals surface area (Å²) in [4.78, 5) is 16.8. The van der Waals surface area contributed by atoms with E-state index in [1.54, 1.807) is 0 Å². The third-order valence-electron chi connectivity index (χ3n) is 3.94. The Bertz CT molecular complexity index is 849. The van der Waals surface area contributed by atoms with E-state index in [0.29, 0.717) is 0 Å². The van der Waals surface area contributed by atoms with Crippen LogP contribution in [0.5, 0.6) is 0 Å². The average molecular weight is 293 g/mol. The maximum Gasteiger partial charge on any atom is 0.244 e. The summed E-state index contributed by atoms with van der Waals surface area (Å²) >= 11 is 0. The largest absolute Gasteiger partial charge is 0.325 e. The molecule has 0 spiro atoms. The van der Waals surface area contributed by atoms with E-state index in [2.05, 4.69) is 17.2 Å². The second kappa shape index (κ2) is 5.64. The number of imidazole rings is 1. The van der Waals surface area contributed by atoms with Gasteiger partial charge in [-0.05, 0) is 56.2 Å². The number of aryl methyl sites for hydroxylation is 3. The summed E-state index contributed by atoms with van der Waals surface area (Å²) < 4.78 is 1.94. The lowest BCUT2D eigenvalue weighted by atomic mass is 10.1. The minimum absolute atomic E-state index is 0.0468. The molecule has 0 aliphatic rings. The SMILES string of the molecule is Cc1ccc(NC(=O)Cn2c(C)nc3ccccc32)cc1C. The fraction of sp³-hybridized carbons (Fsp3) is 0.222. The van der Waals surface area contributed by atoms with E-state index < -0.39 is 0 Å². The van der Waals surface area contributed by atoms with Crippen molar-refractivity contribution < 1.29 is 4.79 Å². The van der Waals surface area contributed by atoms with Gasteiger partial charge in [-0.2, -0.15) is 0 Å². The number of nitrogens with one attached hydrogen (secondary N) is 1. The molecule has 0 bridgehead atoms. The zero-order valence-corrected chi connectivity index (χ0v) is 13.1. The van der Waals surface area contributed by atoms with Gasteiger partial charge in [0.1, 0.15) is 12.4 Å². The number of carbonyl (C=O) groups excluding carboxylic acids is 1. The van der Waals surface area contributed by atoms with E-state index in [9.17, 15) is 4.79 Å². The molecule has 0 unspecified atom stereocenters. The summed E-state index contributed by atoms with van der Waals surface area (Å²) in [6.07, 6.45) is 0. The van der Waals surface area contributed by atoms with Crippen LogP contribution in [0.4, 0.5) is 5.69 Å². The Morgan fingerprint density at radius 1 is 1.09 bits per heavy atom. The van der Waals surface area contributed by atoms with Crippen LogP contribution in [-0.2, 0) is 11.3 Å². The fourth-order valence-electron chi connectivity index (χ4n) is 2.56. The number of fused-ring (bicyclic) bond motifs is 1. The fourth-order valence-corrected chi connectivity index (χ4v) is 2.56. The molecule has 4 heteroatoms. The predicted octanol–water partition coefficient (Wildman–Crippen LogP) is 3.60. The van der Waals surface area contributed by atoms with Gasteiger partial charge in [-0.1, -0.05) is 18.2 Å². The molecule has 0 saturated carbocycles. The monoisotopic (exact) mass is 293 g/mol. The van der Waals surface area contributed by atoms with Crippen molar-refractivity contribution in [1.82, 2.24) is 9.55 Å². The highest BCUT2D eigenvalue weighted by Crippen LogP contribution is 2.17. The van der Waals surface area contributed by atoms with Crippen molar-refractivity contribution in [3.8, 4) is 0 Å². The van der Waals surface area contributed by atoms with Gasteiger partial charge in [-0.25, -0.2) is 4.98 Å². The van der Waals surface area contributed by atoms with Crippen LogP contribution >= 0.6 is 0 Å². The van der Waals surface area contributed by atoms with Crippen LogP contribution in [0.1, 0.15) is 17.0 Å². The first kappa shape index (κ1) is 14.3. The molecule has 4 nitrogen and oxygen atoms in total. The molecule has 112 valence electrons. The summed E-state index contributed by atoms with van der Waals surface area (Å²) in [6, 6.07) is 13.8. The van der Waals surface area contributed by atoms with Gasteiger partial charge in [0.25, 0.3) is 0 Å². The first-order valence-corrected chi connectivity index (χ1v) is 7.33. The van der Waals surface area contributed by atoms with Crippen LogP contribution in [-0.4, -0.2) is 15.5 Å². The van der Waals surface area contributed by atoms with Crippen LogP contribution in [0.25, 0.3) is 11.0 Å². The number of hydrogen-bond acceptors (Lipinski definition) is 2. The second-order valence-electron chi connectivity index (χ2n) is 5.58. The number of amides is 1. The number of nitrogens with zero attached hydrogens (tertiary/aromatic N) is 2. The van der Waals surface area contributed by atoms with E-state index >= 15 is 0 Å². The maximum absolute atomic E-state index is 12.3. The Morgan fingerprint density at radius 2 is 1.86 bits per heavy atom. The highest BCUT2D eigenvalue weighted by molar-refractivity contribution is 5.91. The van der Waals surface area contributed by atoms with E-state index in [4.69, 9.17) is 0 Å². The molecule has 3 aromatic rings. The Balaban J connectivity index is 1.81. The van der Waals surface area contributed by atoms with Crippen LogP contribution in [0.15, 0.2) is 42.5 Å². The molecule has 0 aliphatic heterocycles. The van der Waals surface area contributed by atoms with Gasteiger partial charge < -0.3 is 9.88 Å². The van der Waals surface area contributed by atoms with E-state index in [1.165, 1.54) is 11.1 Å². The summed E-state index contributed by atoms with van der Waals surface area (Å²) in [7, 11) is 0.